The lowest BCUT2D eigenvalue weighted by atomic mass is 9.93. The molecule has 0 bridgehead atoms. The van der Waals surface area contributed by atoms with E-state index in [1.54, 1.807) is 6.92 Å². The van der Waals surface area contributed by atoms with E-state index in [4.69, 9.17) is 0 Å². The molecule has 0 saturated carbocycles. The Bertz CT molecular complexity index is 170. The molecule has 0 rings (SSSR count). The molecule has 0 radical (unpaired) electrons. The van der Waals surface area contributed by atoms with Crippen LogP contribution in [0.25, 0.3) is 0 Å². The highest BCUT2D eigenvalue weighted by molar-refractivity contribution is 4.69. The summed E-state index contributed by atoms with van der Waals surface area (Å²) in [4.78, 5) is 0. The first-order valence-corrected chi connectivity index (χ1v) is 5.78. The molecule has 3 heteroatoms. The Hall–Kier alpha value is -0.800. The Kier molecular flexibility index (Phi) is 11.8. The second-order valence-corrected chi connectivity index (χ2v) is 3.74. The van der Waals surface area contributed by atoms with Gasteiger partial charge in [-0.05, 0) is 12.8 Å². The van der Waals surface area contributed by atoms with Crippen LogP contribution in [-0.2, 0) is 4.74 Å². The lowest BCUT2D eigenvalue weighted by molar-refractivity contribution is -0.199. The molecule has 0 fully saturated rings. The van der Waals surface area contributed by atoms with Gasteiger partial charge in [0, 0.05) is 5.92 Å². The molecule has 0 aromatic heterocycles. The SMILES string of the molecule is C=COC=C.CCCCC(C)C(O)(O)CC. The molecule has 0 heterocycles. The largest absolute Gasteiger partial charge is 0.474 e. The zero-order valence-corrected chi connectivity index (χ0v) is 10.8. The molecule has 0 aliphatic rings. The first-order valence-electron chi connectivity index (χ1n) is 5.78. The van der Waals surface area contributed by atoms with Gasteiger partial charge in [0.25, 0.3) is 0 Å². The first-order chi connectivity index (χ1) is 7.46. The van der Waals surface area contributed by atoms with Crippen molar-refractivity contribution in [3.8, 4) is 0 Å². The van der Waals surface area contributed by atoms with Crippen LogP contribution in [0.4, 0.5) is 0 Å². The molecule has 1 unspecified atom stereocenters. The normalized spacial score (nSPS) is 12.1. The third kappa shape index (κ3) is 9.74. The summed E-state index contributed by atoms with van der Waals surface area (Å²) >= 11 is 0. The maximum absolute atomic E-state index is 9.37. The summed E-state index contributed by atoms with van der Waals surface area (Å²) in [5.74, 6) is -1.46. The molecule has 0 saturated heterocycles. The average Bonchev–Trinajstić information content (AvgIpc) is 2.27. The highest BCUT2D eigenvalue weighted by Gasteiger charge is 2.27. The van der Waals surface area contributed by atoms with Gasteiger partial charge >= 0.3 is 0 Å². The van der Waals surface area contributed by atoms with Crippen molar-refractivity contribution < 1.29 is 14.9 Å². The monoisotopic (exact) mass is 230 g/mol. The smallest absolute Gasteiger partial charge is 0.164 e. The van der Waals surface area contributed by atoms with Crippen molar-refractivity contribution in [1.29, 1.82) is 0 Å². The fraction of sp³-hybridized carbons (Fsp3) is 0.692. The topological polar surface area (TPSA) is 49.7 Å². The van der Waals surface area contributed by atoms with E-state index in [-0.39, 0.29) is 5.92 Å². The van der Waals surface area contributed by atoms with Crippen LogP contribution in [0.2, 0.25) is 0 Å². The highest BCUT2D eigenvalue weighted by atomic mass is 16.5. The van der Waals surface area contributed by atoms with Gasteiger partial charge in [0.2, 0.25) is 0 Å². The Morgan fingerprint density at radius 1 is 1.25 bits per heavy atom. The summed E-state index contributed by atoms with van der Waals surface area (Å²) in [6, 6.07) is 0. The van der Waals surface area contributed by atoms with Crippen molar-refractivity contribution in [1.82, 2.24) is 0 Å². The van der Waals surface area contributed by atoms with Crippen molar-refractivity contribution in [3.63, 3.8) is 0 Å². The third-order valence-corrected chi connectivity index (χ3v) is 2.49. The van der Waals surface area contributed by atoms with Crippen molar-refractivity contribution >= 4 is 0 Å². The number of hydrogen-bond acceptors (Lipinski definition) is 3. The van der Waals surface area contributed by atoms with Gasteiger partial charge in [0.15, 0.2) is 5.79 Å². The molecule has 0 aliphatic heterocycles. The maximum Gasteiger partial charge on any atom is 0.164 e. The van der Waals surface area contributed by atoms with Gasteiger partial charge in [0.1, 0.15) is 0 Å². The van der Waals surface area contributed by atoms with Gasteiger partial charge in [0.05, 0.1) is 12.5 Å². The number of rotatable bonds is 7. The standard InChI is InChI=1S/C9H20O2.C4H6O/c1-4-6-7-8(3)9(10,11)5-2;1-3-5-4-2/h8,10-11H,4-7H2,1-3H3;3-4H,1-2H2. The van der Waals surface area contributed by atoms with Gasteiger partial charge in [-0.1, -0.05) is 46.8 Å². The molecule has 0 aliphatic carbocycles. The second kappa shape index (κ2) is 10.7. The molecule has 2 N–H and O–H groups in total. The molecule has 0 amide bonds. The van der Waals surface area contributed by atoms with Crippen molar-refractivity contribution in [3.05, 3.63) is 25.7 Å². The molecule has 1 atom stereocenters. The number of hydrogen-bond donors (Lipinski definition) is 2. The Morgan fingerprint density at radius 2 is 1.75 bits per heavy atom. The van der Waals surface area contributed by atoms with Crippen LogP contribution in [-0.4, -0.2) is 16.0 Å². The molecule has 96 valence electrons. The first kappa shape index (κ1) is 17.6. The fourth-order valence-electron chi connectivity index (χ4n) is 1.16. The summed E-state index contributed by atoms with van der Waals surface area (Å²) in [6.45, 7) is 12.3. The van der Waals surface area contributed by atoms with E-state index in [1.165, 1.54) is 12.5 Å². The molecule has 0 aromatic rings. The van der Waals surface area contributed by atoms with Crippen molar-refractivity contribution in [2.45, 2.75) is 52.2 Å². The van der Waals surface area contributed by atoms with Crippen LogP contribution in [0.1, 0.15) is 46.5 Å². The minimum absolute atomic E-state index is 0.00699. The van der Waals surface area contributed by atoms with E-state index in [2.05, 4.69) is 24.8 Å². The molecular weight excluding hydrogens is 204 g/mol. The fourth-order valence-corrected chi connectivity index (χ4v) is 1.16. The number of aliphatic hydroxyl groups is 2. The third-order valence-electron chi connectivity index (χ3n) is 2.49. The van der Waals surface area contributed by atoms with Gasteiger partial charge in [-0.2, -0.15) is 0 Å². The number of ether oxygens (including phenoxy) is 1. The van der Waals surface area contributed by atoms with E-state index in [1.807, 2.05) is 6.92 Å². The average molecular weight is 230 g/mol. The van der Waals surface area contributed by atoms with Gasteiger partial charge in [-0.15, -0.1) is 0 Å². The van der Waals surface area contributed by atoms with Crippen molar-refractivity contribution in [2.24, 2.45) is 5.92 Å². The van der Waals surface area contributed by atoms with Crippen LogP contribution in [0.15, 0.2) is 25.7 Å². The predicted molar refractivity (Wildman–Crippen MR) is 67.6 cm³/mol. The summed E-state index contributed by atoms with van der Waals surface area (Å²) in [7, 11) is 0. The van der Waals surface area contributed by atoms with E-state index < -0.39 is 5.79 Å². The second-order valence-electron chi connectivity index (χ2n) is 3.74. The zero-order valence-electron chi connectivity index (χ0n) is 10.8. The van der Waals surface area contributed by atoms with E-state index in [9.17, 15) is 10.2 Å². The van der Waals surface area contributed by atoms with Crippen LogP contribution in [0.5, 0.6) is 0 Å². The molecular formula is C13H26O3. The lowest BCUT2D eigenvalue weighted by Gasteiger charge is -2.27. The molecule has 16 heavy (non-hydrogen) atoms. The summed E-state index contributed by atoms with van der Waals surface area (Å²) < 4.78 is 4.36. The molecule has 3 nitrogen and oxygen atoms in total. The quantitative estimate of drug-likeness (QED) is 0.521. The Balaban J connectivity index is 0. The van der Waals surface area contributed by atoms with Crippen LogP contribution in [0.3, 0.4) is 0 Å². The predicted octanol–water partition coefficient (Wildman–Crippen LogP) is 3.19. The Morgan fingerprint density at radius 3 is 2.00 bits per heavy atom. The zero-order chi connectivity index (χ0) is 13.0. The minimum atomic E-state index is -1.45. The Labute approximate surface area is 99.4 Å². The van der Waals surface area contributed by atoms with E-state index >= 15 is 0 Å². The van der Waals surface area contributed by atoms with Crippen molar-refractivity contribution in [2.75, 3.05) is 0 Å². The van der Waals surface area contributed by atoms with Crippen LogP contribution in [0, 0.1) is 5.92 Å². The van der Waals surface area contributed by atoms with Gasteiger partial charge in [-0.3, -0.25) is 0 Å². The summed E-state index contributed by atoms with van der Waals surface area (Å²) in [6.07, 6.45) is 6.13. The molecule has 0 aromatic carbocycles. The van der Waals surface area contributed by atoms with Crippen LogP contribution < -0.4 is 0 Å². The summed E-state index contributed by atoms with van der Waals surface area (Å²) in [5.41, 5.74) is 0. The highest BCUT2D eigenvalue weighted by Crippen LogP contribution is 2.22. The minimum Gasteiger partial charge on any atom is -0.474 e. The number of unbranched alkanes of at least 4 members (excludes halogenated alkanes) is 1. The van der Waals surface area contributed by atoms with E-state index in [0.29, 0.717) is 6.42 Å². The van der Waals surface area contributed by atoms with Gasteiger partial charge in [-0.25, -0.2) is 0 Å². The lowest BCUT2D eigenvalue weighted by Crippen LogP contribution is -2.35. The summed E-state index contributed by atoms with van der Waals surface area (Å²) in [5, 5.41) is 18.7. The van der Waals surface area contributed by atoms with Crippen LogP contribution >= 0.6 is 0 Å². The van der Waals surface area contributed by atoms with E-state index in [0.717, 1.165) is 19.3 Å². The molecule has 0 spiro atoms. The maximum atomic E-state index is 9.37. The van der Waals surface area contributed by atoms with Gasteiger partial charge < -0.3 is 14.9 Å².